The number of aryl methyl sites for hydroxylation is 1. The molecule has 0 atom stereocenters. The smallest absolute Gasteiger partial charge is 0.251 e. The highest BCUT2D eigenvalue weighted by Gasteiger charge is 2.40. The van der Waals surface area contributed by atoms with Crippen molar-refractivity contribution in [1.82, 2.24) is 15.5 Å². The number of amides is 1. The summed E-state index contributed by atoms with van der Waals surface area (Å²) >= 11 is 0. The van der Waals surface area contributed by atoms with Crippen molar-refractivity contribution >= 4 is 21.7 Å². The van der Waals surface area contributed by atoms with Crippen molar-refractivity contribution in [2.75, 3.05) is 38.5 Å². The number of hydrogen-bond donors (Lipinski definition) is 2. The molecule has 1 saturated heterocycles. The number of carbonyl (C=O) groups excluding carboxylic acids is 1. The van der Waals surface area contributed by atoms with Gasteiger partial charge in [0, 0.05) is 31.7 Å². The van der Waals surface area contributed by atoms with Gasteiger partial charge >= 0.3 is 0 Å². The molecule has 0 radical (unpaired) electrons. The van der Waals surface area contributed by atoms with Crippen LogP contribution >= 0.6 is 0 Å². The maximum atomic E-state index is 13.6. The van der Waals surface area contributed by atoms with E-state index in [1.165, 1.54) is 6.07 Å². The fraction of sp³-hybridized carbons (Fsp3) is 0.579. The Balaban J connectivity index is 1.96. The summed E-state index contributed by atoms with van der Waals surface area (Å²) in [5.74, 6) is -0.0617. The van der Waals surface area contributed by atoms with E-state index in [0.717, 1.165) is 0 Å². The van der Waals surface area contributed by atoms with Crippen LogP contribution in [0.15, 0.2) is 23.2 Å². The average Bonchev–Trinajstić information content (AvgIpc) is 2.62. The first-order valence-corrected chi connectivity index (χ1v) is 11.0. The van der Waals surface area contributed by atoms with Gasteiger partial charge in [0.2, 0.25) is 0 Å². The lowest BCUT2D eigenvalue weighted by Gasteiger charge is -2.39. The zero-order valence-electron chi connectivity index (χ0n) is 16.9. The Bertz CT molecular complexity index is 853. The molecule has 0 aliphatic carbocycles. The third-order valence-corrected chi connectivity index (χ3v) is 7.30. The Morgan fingerprint density at radius 1 is 1.32 bits per heavy atom. The Hall–Kier alpha value is -2.16. The van der Waals surface area contributed by atoms with Gasteiger partial charge in [-0.2, -0.15) is 0 Å². The molecule has 156 valence electrons. The summed E-state index contributed by atoms with van der Waals surface area (Å²) in [6.45, 7) is 9.03. The summed E-state index contributed by atoms with van der Waals surface area (Å²) in [7, 11) is -3.13. The van der Waals surface area contributed by atoms with Crippen LogP contribution in [0.1, 0.15) is 36.7 Å². The van der Waals surface area contributed by atoms with Crippen LogP contribution in [0, 0.1) is 12.7 Å². The number of nitrogens with zero attached hydrogens (tertiary/aromatic N) is 2. The van der Waals surface area contributed by atoms with Crippen LogP contribution in [0.3, 0.4) is 0 Å². The van der Waals surface area contributed by atoms with Gasteiger partial charge in [-0.05, 0) is 45.4 Å². The topological polar surface area (TPSA) is 90.9 Å². The minimum atomic E-state index is -3.13. The van der Waals surface area contributed by atoms with Crippen molar-refractivity contribution in [2.45, 2.75) is 32.4 Å². The fourth-order valence-corrected chi connectivity index (χ4v) is 4.28. The lowest BCUT2D eigenvalue weighted by Crippen LogP contribution is -2.57. The summed E-state index contributed by atoms with van der Waals surface area (Å²) in [5, 5.41) is 5.89. The molecule has 9 heteroatoms. The number of halogens is 1. The summed E-state index contributed by atoms with van der Waals surface area (Å²) in [6.07, 6.45) is 0. The molecule has 28 heavy (non-hydrogen) atoms. The maximum absolute atomic E-state index is 13.6. The lowest BCUT2D eigenvalue weighted by atomic mass is 10.1. The number of nitrogens with one attached hydrogen (secondary N) is 2. The van der Waals surface area contributed by atoms with Crippen LogP contribution < -0.4 is 10.6 Å². The molecule has 2 rings (SSSR count). The second kappa shape index (κ2) is 8.89. The molecule has 0 unspecified atom stereocenters. The van der Waals surface area contributed by atoms with Gasteiger partial charge in [0.05, 0.1) is 17.0 Å². The largest absolute Gasteiger partial charge is 0.357 e. The number of carbonyl (C=O) groups is 1. The van der Waals surface area contributed by atoms with Crippen LogP contribution in [0.25, 0.3) is 0 Å². The number of guanidine groups is 1. The normalized spacial score (nSPS) is 18.6. The zero-order chi connectivity index (χ0) is 20.9. The van der Waals surface area contributed by atoms with E-state index in [2.05, 4.69) is 15.6 Å². The van der Waals surface area contributed by atoms with Gasteiger partial charge in [-0.15, -0.1) is 0 Å². The number of aliphatic imine (C=N–C) groups is 1. The molecule has 1 heterocycles. The molecule has 1 aliphatic rings. The lowest BCUT2D eigenvalue weighted by molar-refractivity contribution is 0.0954. The third kappa shape index (κ3) is 5.21. The summed E-state index contributed by atoms with van der Waals surface area (Å²) < 4.78 is 37.1. The van der Waals surface area contributed by atoms with E-state index < -0.39 is 20.4 Å². The van der Waals surface area contributed by atoms with Gasteiger partial charge in [-0.1, -0.05) is 6.07 Å². The van der Waals surface area contributed by atoms with E-state index >= 15 is 0 Å². The molecule has 1 aromatic carbocycles. The second-order valence-corrected chi connectivity index (χ2v) is 10.2. The van der Waals surface area contributed by atoms with Crippen molar-refractivity contribution in [2.24, 2.45) is 4.99 Å². The van der Waals surface area contributed by atoms with E-state index in [1.54, 1.807) is 32.9 Å². The number of benzene rings is 1. The van der Waals surface area contributed by atoms with E-state index in [4.69, 9.17) is 0 Å². The predicted octanol–water partition coefficient (Wildman–Crippen LogP) is 1.34. The first-order valence-electron chi connectivity index (χ1n) is 9.37. The monoisotopic (exact) mass is 412 g/mol. The molecule has 7 nitrogen and oxygen atoms in total. The Morgan fingerprint density at radius 2 is 2.04 bits per heavy atom. The Morgan fingerprint density at radius 3 is 2.64 bits per heavy atom. The van der Waals surface area contributed by atoms with Crippen LogP contribution in [0.4, 0.5) is 4.39 Å². The van der Waals surface area contributed by atoms with Gasteiger partial charge < -0.3 is 15.5 Å². The predicted molar refractivity (Wildman–Crippen MR) is 109 cm³/mol. The quantitative estimate of drug-likeness (QED) is 0.433. The van der Waals surface area contributed by atoms with Gasteiger partial charge in [0.1, 0.15) is 5.82 Å². The van der Waals surface area contributed by atoms with E-state index in [1.807, 2.05) is 11.8 Å². The molecule has 0 saturated carbocycles. The van der Waals surface area contributed by atoms with E-state index in [-0.39, 0.29) is 17.2 Å². The molecular formula is C19H29FN4O3S. The van der Waals surface area contributed by atoms with Crippen LogP contribution in [0.2, 0.25) is 0 Å². The van der Waals surface area contributed by atoms with Crippen LogP contribution in [-0.2, 0) is 9.84 Å². The molecule has 1 aliphatic heterocycles. The minimum absolute atomic E-state index is 0.0835. The standard InChI is InChI=1S/C19H29FN4O3S/c1-5-21-18(24-10-11-28(26,27)19(3,4)13-24)23-9-8-22-17(25)15-7-6-14(2)16(20)12-15/h6-7,12H,5,8-11,13H2,1-4H3,(H,21,23)(H,22,25). The van der Waals surface area contributed by atoms with Gasteiger partial charge in [-0.3, -0.25) is 9.79 Å². The van der Waals surface area contributed by atoms with Crippen LogP contribution in [0.5, 0.6) is 0 Å². The first kappa shape index (κ1) is 22.1. The minimum Gasteiger partial charge on any atom is -0.357 e. The number of hydrogen-bond acceptors (Lipinski definition) is 4. The number of rotatable bonds is 5. The van der Waals surface area contributed by atoms with Crippen molar-refractivity contribution < 1.29 is 17.6 Å². The van der Waals surface area contributed by atoms with E-state index in [9.17, 15) is 17.6 Å². The summed E-state index contributed by atoms with van der Waals surface area (Å²) in [4.78, 5) is 18.5. The molecular weight excluding hydrogens is 383 g/mol. The third-order valence-electron chi connectivity index (χ3n) is 4.77. The average molecular weight is 413 g/mol. The number of sulfone groups is 1. The molecule has 2 N–H and O–H groups in total. The molecule has 0 bridgehead atoms. The van der Waals surface area contributed by atoms with Crippen molar-refractivity contribution in [3.8, 4) is 0 Å². The fourth-order valence-electron chi connectivity index (χ4n) is 2.92. The highest BCUT2D eigenvalue weighted by atomic mass is 32.2. The molecule has 0 aromatic heterocycles. The van der Waals surface area contributed by atoms with Crippen molar-refractivity contribution in [1.29, 1.82) is 0 Å². The van der Waals surface area contributed by atoms with Crippen molar-refractivity contribution in [3.63, 3.8) is 0 Å². The first-order chi connectivity index (χ1) is 13.1. The summed E-state index contributed by atoms with van der Waals surface area (Å²) in [5.41, 5.74) is 0.755. The van der Waals surface area contributed by atoms with Crippen LogP contribution in [-0.4, -0.2) is 68.4 Å². The Kier molecular flexibility index (Phi) is 7.03. The maximum Gasteiger partial charge on any atom is 0.251 e. The molecule has 1 aromatic rings. The molecule has 1 fully saturated rings. The second-order valence-electron chi connectivity index (χ2n) is 7.46. The molecule has 1 amide bonds. The van der Waals surface area contributed by atoms with Gasteiger partial charge in [-0.25, -0.2) is 12.8 Å². The summed E-state index contributed by atoms with van der Waals surface area (Å²) in [6, 6.07) is 4.36. The molecule has 0 spiro atoms. The van der Waals surface area contributed by atoms with E-state index in [0.29, 0.717) is 44.2 Å². The van der Waals surface area contributed by atoms with Gasteiger partial charge in [0.25, 0.3) is 5.91 Å². The Labute approximate surface area is 166 Å². The highest BCUT2D eigenvalue weighted by Crippen LogP contribution is 2.23. The highest BCUT2D eigenvalue weighted by molar-refractivity contribution is 7.92. The van der Waals surface area contributed by atoms with Gasteiger partial charge in [0.15, 0.2) is 15.8 Å². The zero-order valence-corrected chi connectivity index (χ0v) is 17.7. The van der Waals surface area contributed by atoms with Crippen molar-refractivity contribution in [3.05, 3.63) is 35.1 Å². The SMILES string of the molecule is CCNC(=NCCNC(=O)c1ccc(C)c(F)c1)N1CCS(=O)(=O)C(C)(C)C1.